The highest BCUT2D eigenvalue weighted by Crippen LogP contribution is 2.47. The lowest BCUT2D eigenvalue weighted by Gasteiger charge is -2.10. The summed E-state index contributed by atoms with van der Waals surface area (Å²) in [5, 5.41) is 0. The van der Waals surface area contributed by atoms with Crippen molar-refractivity contribution in [2.45, 2.75) is 6.42 Å². The SMILES string of the molecule is C1=CC2CC2C(Oc2ccccc2)=C1. The highest BCUT2D eigenvalue weighted by Gasteiger charge is 2.40. The number of benzene rings is 1. The molecule has 2 aliphatic rings. The van der Waals surface area contributed by atoms with Gasteiger partial charge in [0.05, 0.1) is 0 Å². The number of para-hydroxylation sites is 1. The zero-order valence-corrected chi connectivity index (χ0v) is 7.89. The van der Waals surface area contributed by atoms with E-state index in [1.807, 2.05) is 30.3 Å². The van der Waals surface area contributed by atoms with Crippen molar-refractivity contribution in [3.05, 3.63) is 54.3 Å². The summed E-state index contributed by atoms with van der Waals surface area (Å²) in [5.74, 6) is 3.47. The summed E-state index contributed by atoms with van der Waals surface area (Å²) >= 11 is 0. The summed E-state index contributed by atoms with van der Waals surface area (Å²) in [7, 11) is 0. The first-order chi connectivity index (χ1) is 6.93. The summed E-state index contributed by atoms with van der Waals surface area (Å²) in [5.41, 5.74) is 0. The summed E-state index contributed by atoms with van der Waals surface area (Å²) in [4.78, 5) is 0. The zero-order chi connectivity index (χ0) is 9.38. The van der Waals surface area contributed by atoms with Gasteiger partial charge in [-0.15, -0.1) is 0 Å². The third kappa shape index (κ3) is 1.35. The number of fused-ring (bicyclic) bond motifs is 1. The minimum atomic E-state index is 0.653. The summed E-state index contributed by atoms with van der Waals surface area (Å²) in [6.07, 6.45) is 7.71. The first-order valence-corrected chi connectivity index (χ1v) is 5.05. The number of allylic oxidation sites excluding steroid dienone is 4. The van der Waals surface area contributed by atoms with E-state index in [1.165, 1.54) is 6.42 Å². The van der Waals surface area contributed by atoms with Crippen LogP contribution >= 0.6 is 0 Å². The van der Waals surface area contributed by atoms with E-state index >= 15 is 0 Å². The van der Waals surface area contributed by atoms with Gasteiger partial charge in [0.15, 0.2) is 0 Å². The topological polar surface area (TPSA) is 9.23 Å². The van der Waals surface area contributed by atoms with Crippen LogP contribution in [0.5, 0.6) is 5.75 Å². The van der Waals surface area contributed by atoms with E-state index in [9.17, 15) is 0 Å². The van der Waals surface area contributed by atoms with Crippen molar-refractivity contribution in [3.8, 4) is 5.75 Å². The van der Waals surface area contributed by atoms with Gasteiger partial charge in [-0.25, -0.2) is 0 Å². The van der Waals surface area contributed by atoms with Gasteiger partial charge < -0.3 is 4.74 Å². The van der Waals surface area contributed by atoms with Gasteiger partial charge in [0, 0.05) is 5.92 Å². The molecule has 1 fully saturated rings. The van der Waals surface area contributed by atoms with Crippen LogP contribution in [0.2, 0.25) is 0 Å². The number of hydrogen-bond donors (Lipinski definition) is 0. The first-order valence-electron chi connectivity index (χ1n) is 5.05. The lowest BCUT2D eigenvalue weighted by molar-refractivity contribution is 0.389. The minimum absolute atomic E-state index is 0.653. The van der Waals surface area contributed by atoms with Crippen molar-refractivity contribution in [1.29, 1.82) is 0 Å². The predicted molar refractivity (Wildman–Crippen MR) is 55.9 cm³/mol. The second-order valence-corrected chi connectivity index (χ2v) is 3.88. The van der Waals surface area contributed by atoms with Crippen LogP contribution in [0.25, 0.3) is 0 Å². The molecular weight excluding hydrogens is 172 g/mol. The van der Waals surface area contributed by atoms with Gasteiger partial charge in [-0.2, -0.15) is 0 Å². The Bertz CT molecular complexity index is 389. The average Bonchev–Trinajstić information content (AvgIpc) is 2.99. The van der Waals surface area contributed by atoms with E-state index in [0.717, 1.165) is 17.4 Å². The second kappa shape index (κ2) is 3.02. The van der Waals surface area contributed by atoms with Crippen LogP contribution in [0.1, 0.15) is 6.42 Å². The maximum Gasteiger partial charge on any atom is 0.126 e. The van der Waals surface area contributed by atoms with Gasteiger partial charge in [-0.1, -0.05) is 30.4 Å². The number of hydrogen-bond acceptors (Lipinski definition) is 1. The molecule has 1 heteroatoms. The van der Waals surface area contributed by atoms with Crippen LogP contribution in [-0.2, 0) is 0 Å². The van der Waals surface area contributed by atoms with E-state index in [1.54, 1.807) is 0 Å². The standard InChI is InChI=1S/C13H12O/c1-2-6-11(7-3-1)14-13-8-4-5-10-9-12(10)13/h1-8,10,12H,9H2. The lowest BCUT2D eigenvalue weighted by atomic mass is 10.2. The molecule has 1 aromatic carbocycles. The van der Waals surface area contributed by atoms with Crippen molar-refractivity contribution in [2.75, 3.05) is 0 Å². The largest absolute Gasteiger partial charge is 0.461 e. The van der Waals surface area contributed by atoms with Crippen molar-refractivity contribution < 1.29 is 4.74 Å². The zero-order valence-electron chi connectivity index (χ0n) is 7.89. The maximum absolute atomic E-state index is 5.82. The van der Waals surface area contributed by atoms with Crippen molar-refractivity contribution in [1.82, 2.24) is 0 Å². The summed E-state index contributed by atoms with van der Waals surface area (Å²) in [6.45, 7) is 0. The van der Waals surface area contributed by atoms with Crippen molar-refractivity contribution in [3.63, 3.8) is 0 Å². The molecule has 0 radical (unpaired) electrons. The van der Waals surface area contributed by atoms with Gasteiger partial charge in [0.25, 0.3) is 0 Å². The monoisotopic (exact) mass is 184 g/mol. The van der Waals surface area contributed by atoms with Crippen LogP contribution in [-0.4, -0.2) is 0 Å². The van der Waals surface area contributed by atoms with E-state index in [4.69, 9.17) is 4.74 Å². The molecule has 2 unspecified atom stereocenters. The molecule has 1 saturated carbocycles. The Labute approximate surface area is 83.7 Å². The van der Waals surface area contributed by atoms with E-state index in [0.29, 0.717) is 5.92 Å². The van der Waals surface area contributed by atoms with E-state index < -0.39 is 0 Å². The Hall–Kier alpha value is -1.50. The Morgan fingerprint density at radius 1 is 1.14 bits per heavy atom. The first kappa shape index (κ1) is 7.86. The van der Waals surface area contributed by atoms with Crippen molar-refractivity contribution in [2.24, 2.45) is 11.8 Å². The van der Waals surface area contributed by atoms with Crippen LogP contribution < -0.4 is 4.74 Å². The number of rotatable bonds is 2. The Kier molecular flexibility index (Phi) is 1.69. The van der Waals surface area contributed by atoms with Gasteiger partial charge in [-0.3, -0.25) is 0 Å². The highest BCUT2D eigenvalue weighted by atomic mass is 16.5. The van der Waals surface area contributed by atoms with Crippen LogP contribution in [0.15, 0.2) is 54.3 Å². The molecule has 0 saturated heterocycles. The molecule has 14 heavy (non-hydrogen) atoms. The lowest BCUT2D eigenvalue weighted by Crippen LogP contribution is -2.00. The second-order valence-electron chi connectivity index (χ2n) is 3.88. The van der Waals surface area contributed by atoms with Crippen molar-refractivity contribution >= 4 is 0 Å². The number of ether oxygens (including phenoxy) is 1. The van der Waals surface area contributed by atoms with Crippen LogP contribution in [0.3, 0.4) is 0 Å². The highest BCUT2D eigenvalue weighted by molar-refractivity contribution is 5.31. The predicted octanol–water partition coefficient (Wildman–Crippen LogP) is 3.16. The molecule has 70 valence electrons. The maximum atomic E-state index is 5.82. The smallest absolute Gasteiger partial charge is 0.126 e. The quantitative estimate of drug-likeness (QED) is 0.686. The molecule has 2 atom stereocenters. The molecule has 0 spiro atoms. The van der Waals surface area contributed by atoms with Gasteiger partial charge in [-0.05, 0) is 30.5 Å². The molecule has 1 nitrogen and oxygen atoms in total. The Balaban J connectivity index is 1.79. The molecule has 0 aromatic heterocycles. The van der Waals surface area contributed by atoms with E-state index in [-0.39, 0.29) is 0 Å². The summed E-state index contributed by atoms with van der Waals surface area (Å²) in [6, 6.07) is 9.99. The molecule has 1 aromatic rings. The molecule has 0 aliphatic heterocycles. The molecule has 0 N–H and O–H groups in total. The molecule has 2 aliphatic carbocycles. The normalized spacial score (nSPS) is 27.9. The molecule has 0 amide bonds. The van der Waals surface area contributed by atoms with Crippen LogP contribution in [0.4, 0.5) is 0 Å². The fourth-order valence-corrected chi connectivity index (χ4v) is 1.91. The fraction of sp³-hybridized carbons (Fsp3) is 0.231. The Morgan fingerprint density at radius 3 is 2.86 bits per heavy atom. The molecular formula is C13H12O. The molecule has 3 rings (SSSR count). The van der Waals surface area contributed by atoms with Gasteiger partial charge in [0.1, 0.15) is 11.5 Å². The van der Waals surface area contributed by atoms with Gasteiger partial charge >= 0.3 is 0 Å². The van der Waals surface area contributed by atoms with Crippen LogP contribution in [0, 0.1) is 11.8 Å². The Morgan fingerprint density at radius 2 is 2.00 bits per heavy atom. The molecule has 0 bridgehead atoms. The summed E-state index contributed by atoms with van der Waals surface area (Å²) < 4.78 is 5.82. The van der Waals surface area contributed by atoms with E-state index in [2.05, 4.69) is 18.2 Å². The fourth-order valence-electron chi connectivity index (χ4n) is 1.91. The molecule has 0 heterocycles. The third-order valence-corrected chi connectivity index (χ3v) is 2.80. The minimum Gasteiger partial charge on any atom is -0.461 e. The van der Waals surface area contributed by atoms with Gasteiger partial charge in [0.2, 0.25) is 0 Å². The third-order valence-electron chi connectivity index (χ3n) is 2.80. The average molecular weight is 184 g/mol.